The molecule has 3 rings (SSSR count). The Morgan fingerprint density at radius 2 is 2.00 bits per heavy atom. The van der Waals surface area contributed by atoms with E-state index < -0.39 is 6.09 Å². The van der Waals surface area contributed by atoms with Crippen LogP contribution in [-0.4, -0.2) is 6.09 Å². The van der Waals surface area contributed by atoms with E-state index in [-0.39, 0.29) is 0 Å². The molecule has 0 bridgehead atoms. The minimum atomic E-state index is -0.423. The first kappa shape index (κ1) is 11.6. The summed E-state index contributed by atoms with van der Waals surface area (Å²) in [6.07, 6.45) is -0.423. The quantitative estimate of drug-likeness (QED) is 0.915. The third kappa shape index (κ3) is 2.68. The second-order valence-electron chi connectivity index (χ2n) is 4.29. The molecule has 0 aliphatic carbocycles. The van der Waals surface area contributed by atoms with Gasteiger partial charge in [0.05, 0.1) is 5.69 Å². The molecule has 4 nitrogen and oxygen atoms in total. The number of benzene rings is 2. The summed E-state index contributed by atoms with van der Waals surface area (Å²) < 4.78 is 10.6. The normalized spacial score (nSPS) is 13.2. The first-order valence-electron chi connectivity index (χ1n) is 6.05. The highest BCUT2D eigenvalue weighted by atomic mass is 16.5. The monoisotopic (exact) mass is 255 g/mol. The van der Waals surface area contributed by atoms with Gasteiger partial charge in [-0.3, -0.25) is 5.32 Å². The Bertz CT molecular complexity index is 596. The van der Waals surface area contributed by atoms with Crippen molar-refractivity contribution in [2.45, 2.75) is 13.2 Å². The molecule has 0 radical (unpaired) electrons. The van der Waals surface area contributed by atoms with E-state index in [1.54, 1.807) is 0 Å². The maximum absolute atomic E-state index is 11.1. The number of ether oxygens (including phenoxy) is 2. The summed E-state index contributed by atoms with van der Waals surface area (Å²) in [5.41, 5.74) is 2.81. The minimum absolute atomic E-state index is 0.306. The van der Waals surface area contributed by atoms with Crippen molar-refractivity contribution in [2.24, 2.45) is 0 Å². The summed E-state index contributed by atoms with van der Waals surface area (Å²) in [6, 6.07) is 15.5. The Morgan fingerprint density at radius 3 is 2.84 bits per heavy atom. The van der Waals surface area contributed by atoms with Crippen LogP contribution in [0.15, 0.2) is 48.5 Å². The smallest absolute Gasteiger partial charge is 0.411 e. The second kappa shape index (κ2) is 5.02. The molecule has 2 aromatic carbocycles. The molecule has 1 aliphatic heterocycles. The van der Waals surface area contributed by atoms with Crippen LogP contribution in [0.2, 0.25) is 0 Å². The molecular formula is C15H13NO3. The molecule has 0 saturated carbocycles. The van der Waals surface area contributed by atoms with Crippen LogP contribution in [0.3, 0.4) is 0 Å². The second-order valence-corrected chi connectivity index (χ2v) is 4.29. The van der Waals surface area contributed by atoms with Gasteiger partial charge in [0.25, 0.3) is 0 Å². The Morgan fingerprint density at radius 1 is 1.16 bits per heavy atom. The van der Waals surface area contributed by atoms with Crippen molar-refractivity contribution >= 4 is 11.8 Å². The van der Waals surface area contributed by atoms with Crippen LogP contribution < -0.4 is 10.1 Å². The summed E-state index contributed by atoms with van der Waals surface area (Å²) in [4.78, 5) is 11.1. The lowest BCUT2D eigenvalue weighted by molar-refractivity contribution is 0.151. The summed E-state index contributed by atoms with van der Waals surface area (Å²) in [5, 5.41) is 2.66. The first-order valence-corrected chi connectivity index (χ1v) is 6.05. The van der Waals surface area contributed by atoms with E-state index in [1.165, 1.54) is 0 Å². The molecule has 1 aliphatic rings. The molecular weight excluding hydrogens is 242 g/mol. The van der Waals surface area contributed by atoms with Crippen molar-refractivity contribution in [3.8, 4) is 5.75 Å². The van der Waals surface area contributed by atoms with Crippen LogP contribution in [0.1, 0.15) is 11.1 Å². The Hall–Kier alpha value is -2.49. The van der Waals surface area contributed by atoms with E-state index in [0.717, 1.165) is 22.6 Å². The van der Waals surface area contributed by atoms with Crippen molar-refractivity contribution in [2.75, 3.05) is 5.32 Å². The fraction of sp³-hybridized carbons (Fsp3) is 0.133. The number of nitrogens with one attached hydrogen (secondary N) is 1. The van der Waals surface area contributed by atoms with Crippen LogP contribution in [0.4, 0.5) is 10.5 Å². The summed E-state index contributed by atoms with van der Waals surface area (Å²) >= 11 is 0. The van der Waals surface area contributed by atoms with Gasteiger partial charge < -0.3 is 9.47 Å². The zero-order valence-corrected chi connectivity index (χ0v) is 10.3. The number of anilines is 1. The van der Waals surface area contributed by atoms with Crippen LogP contribution in [0.25, 0.3) is 0 Å². The highest BCUT2D eigenvalue weighted by Gasteiger charge is 2.15. The van der Waals surface area contributed by atoms with Crippen molar-refractivity contribution in [1.82, 2.24) is 0 Å². The number of rotatable bonds is 3. The van der Waals surface area contributed by atoms with Crippen molar-refractivity contribution < 1.29 is 14.3 Å². The predicted molar refractivity (Wildman–Crippen MR) is 71.0 cm³/mol. The van der Waals surface area contributed by atoms with Crippen LogP contribution >= 0.6 is 0 Å². The first-order chi connectivity index (χ1) is 9.31. The van der Waals surface area contributed by atoms with Crippen LogP contribution in [0.5, 0.6) is 5.75 Å². The maximum atomic E-state index is 11.1. The third-order valence-corrected chi connectivity index (χ3v) is 2.93. The number of amides is 1. The maximum Gasteiger partial charge on any atom is 0.411 e. The van der Waals surface area contributed by atoms with Gasteiger partial charge in [-0.1, -0.05) is 30.3 Å². The number of hydrogen-bond acceptors (Lipinski definition) is 3. The molecule has 0 unspecified atom stereocenters. The van der Waals surface area contributed by atoms with Crippen molar-refractivity contribution in [3.63, 3.8) is 0 Å². The lowest BCUT2D eigenvalue weighted by Gasteiger charge is -2.18. The van der Waals surface area contributed by atoms with Gasteiger partial charge >= 0.3 is 6.09 Å². The Labute approximate surface area is 111 Å². The van der Waals surface area contributed by atoms with E-state index in [2.05, 4.69) is 5.32 Å². The van der Waals surface area contributed by atoms with Gasteiger partial charge in [0, 0.05) is 11.6 Å². The van der Waals surface area contributed by atoms with Gasteiger partial charge in [0.15, 0.2) is 0 Å². The van der Waals surface area contributed by atoms with Gasteiger partial charge in [-0.2, -0.15) is 0 Å². The van der Waals surface area contributed by atoms with E-state index in [0.29, 0.717) is 13.2 Å². The van der Waals surface area contributed by atoms with E-state index in [1.807, 2.05) is 48.5 Å². The molecule has 0 fully saturated rings. The summed E-state index contributed by atoms with van der Waals surface area (Å²) in [7, 11) is 0. The van der Waals surface area contributed by atoms with E-state index in [4.69, 9.17) is 9.47 Å². The standard InChI is InChI=1S/C15H13NO3/c17-15-16-14-8-13(7-6-12(14)10-19-15)18-9-11-4-2-1-3-5-11/h1-8H,9-10H2,(H,16,17). The zero-order chi connectivity index (χ0) is 13.1. The van der Waals surface area contributed by atoms with Gasteiger partial charge in [0.2, 0.25) is 0 Å². The molecule has 1 N–H and O–H groups in total. The molecule has 19 heavy (non-hydrogen) atoms. The highest BCUT2D eigenvalue weighted by molar-refractivity contribution is 5.87. The number of carbonyl (C=O) groups excluding carboxylic acids is 1. The lowest BCUT2D eigenvalue weighted by Crippen LogP contribution is -2.20. The number of cyclic esters (lactones) is 1. The van der Waals surface area contributed by atoms with Crippen molar-refractivity contribution in [1.29, 1.82) is 0 Å². The third-order valence-electron chi connectivity index (χ3n) is 2.93. The zero-order valence-electron chi connectivity index (χ0n) is 10.3. The molecule has 96 valence electrons. The van der Waals surface area contributed by atoms with E-state index in [9.17, 15) is 4.79 Å². The largest absolute Gasteiger partial charge is 0.489 e. The molecule has 0 aromatic heterocycles. The van der Waals surface area contributed by atoms with Crippen LogP contribution in [0, 0.1) is 0 Å². The fourth-order valence-electron chi connectivity index (χ4n) is 1.92. The average Bonchev–Trinajstić information content (AvgIpc) is 2.46. The van der Waals surface area contributed by atoms with Crippen LogP contribution in [-0.2, 0) is 18.0 Å². The van der Waals surface area contributed by atoms with Gasteiger partial charge in [-0.15, -0.1) is 0 Å². The molecule has 1 heterocycles. The average molecular weight is 255 g/mol. The SMILES string of the molecule is O=C1Nc2cc(OCc3ccccc3)ccc2CO1. The lowest BCUT2D eigenvalue weighted by atomic mass is 10.1. The number of fused-ring (bicyclic) bond motifs is 1. The van der Waals surface area contributed by atoms with Gasteiger partial charge in [0.1, 0.15) is 19.0 Å². The summed E-state index contributed by atoms with van der Waals surface area (Å²) in [5.74, 6) is 0.727. The predicted octanol–water partition coefficient (Wildman–Crippen LogP) is 3.33. The number of hydrogen-bond donors (Lipinski definition) is 1. The van der Waals surface area contributed by atoms with Gasteiger partial charge in [-0.05, 0) is 17.7 Å². The van der Waals surface area contributed by atoms with Crippen molar-refractivity contribution in [3.05, 3.63) is 59.7 Å². The van der Waals surface area contributed by atoms with Gasteiger partial charge in [-0.25, -0.2) is 4.79 Å². The molecule has 2 aromatic rings. The fourth-order valence-corrected chi connectivity index (χ4v) is 1.92. The molecule has 0 saturated heterocycles. The molecule has 0 spiro atoms. The summed E-state index contributed by atoms with van der Waals surface area (Å²) in [6.45, 7) is 0.810. The minimum Gasteiger partial charge on any atom is -0.489 e. The molecule has 1 amide bonds. The van der Waals surface area contributed by atoms with E-state index >= 15 is 0 Å². The number of carbonyl (C=O) groups is 1. The topological polar surface area (TPSA) is 47.6 Å². The Balaban J connectivity index is 1.72. The Kier molecular flexibility index (Phi) is 3.06. The molecule has 0 atom stereocenters. The highest BCUT2D eigenvalue weighted by Crippen LogP contribution is 2.26. The molecule has 4 heteroatoms.